The van der Waals surface area contributed by atoms with E-state index < -0.39 is 20.9 Å². The molecule has 0 aromatic heterocycles. The third-order valence-electron chi connectivity index (χ3n) is 3.96. The fourth-order valence-electron chi connectivity index (χ4n) is 2.85. The lowest BCUT2D eigenvalue weighted by Gasteiger charge is -2.32. The van der Waals surface area contributed by atoms with E-state index in [2.05, 4.69) is 0 Å². The van der Waals surface area contributed by atoms with E-state index in [9.17, 15) is 17.6 Å². The van der Waals surface area contributed by atoms with Gasteiger partial charge in [-0.05, 0) is 37.0 Å². The second kappa shape index (κ2) is 7.18. The number of hydrogen-bond acceptors (Lipinski definition) is 3. The third kappa shape index (κ3) is 4.44. The molecule has 1 heterocycles. The highest BCUT2D eigenvalue weighted by atomic mass is 35.5. The number of amides is 1. The minimum Gasteiger partial charge on any atom is -0.339 e. The molecule has 0 saturated carbocycles. The second-order valence-corrected chi connectivity index (χ2v) is 9.07. The maximum Gasteiger partial charge on any atom is 0.255 e. The van der Waals surface area contributed by atoms with Gasteiger partial charge >= 0.3 is 0 Å². The zero-order valence-corrected chi connectivity index (χ0v) is 14.8. The lowest BCUT2D eigenvalue weighted by atomic mass is 10.1. The van der Waals surface area contributed by atoms with Gasteiger partial charge in [0, 0.05) is 13.1 Å². The summed E-state index contributed by atoms with van der Waals surface area (Å²) in [5, 5.41) is -0.317. The number of halogens is 2. The summed E-state index contributed by atoms with van der Waals surface area (Å²) in [6.07, 6.45) is 0.860. The molecule has 1 aliphatic heterocycles. The molecule has 1 aromatic rings. The number of rotatable bonds is 4. The number of piperidine rings is 1. The summed E-state index contributed by atoms with van der Waals surface area (Å²) in [6.45, 7) is 4.50. The number of likely N-dealkylation sites (tertiary alicyclic amines) is 1. The van der Waals surface area contributed by atoms with Gasteiger partial charge in [-0.2, -0.15) is 0 Å². The standard InChI is InChI=1S/C16H21ClFNO3S/c1-11(2)10-23(21,22)13-5-7-19(8-6-13)16(20)14-4-3-12(18)9-15(14)17/h3-4,9,11,13H,5-8,10H2,1-2H3. The van der Waals surface area contributed by atoms with Gasteiger partial charge in [0.05, 0.1) is 21.6 Å². The number of carbonyl (C=O) groups is 1. The summed E-state index contributed by atoms with van der Waals surface area (Å²) < 4.78 is 37.6. The zero-order valence-electron chi connectivity index (χ0n) is 13.3. The van der Waals surface area contributed by atoms with Crippen LogP contribution in [0.15, 0.2) is 18.2 Å². The van der Waals surface area contributed by atoms with E-state index in [0.29, 0.717) is 25.9 Å². The molecule has 1 amide bonds. The average molecular weight is 362 g/mol. The minimum absolute atomic E-state index is 0.0737. The molecule has 7 heteroatoms. The first-order chi connectivity index (χ1) is 10.7. The van der Waals surface area contributed by atoms with Crippen molar-refractivity contribution in [2.45, 2.75) is 31.9 Å². The molecule has 1 aliphatic rings. The Bertz CT molecular complexity index is 683. The van der Waals surface area contributed by atoms with Gasteiger partial charge in [-0.25, -0.2) is 12.8 Å². The molecule has 1 aromatic carbocycles. The van der Waals surface area contributed by atoms with Crippen molar-refractivity contribution in [3.8, 4) is 0 Å². The van der Waals surface area contributed by atoms with Gasteiger partial charge < -0.3 is 4.90 Å². The first-order valence-corrected chi connectivity index (χ1v) is 9.76. The molecule has 0 spiro atoms. The van der Waals surface area contributed by atoms with Crippen LogP contribution < -0.4 is 0 Å². The highest BCUT2D eigenvalue weighted by molar-refractivity contribution is 7.92. The average Bonchev–Trinajstić information content (AvgIpc) is 2.45. The van der Waals surface area contributed by atoms with Crippen molar-refractivity contribution in [3.05, 3.63) is 34.6 Å². The van der Waals surface area contributed by atoms with E-state index in [1.54, 1.807) is 4.90 Å². The molecule has 1 saturated heterocycles. The van der Waals surface area contributed by atoms with Crippen LogP contribution in [0.3, 0.4) is 0 Å². The molecular formula is C16H21ClFNO3S. The van der Waals surface area contributed by atoms with E-state index >= 15 is 0 Å². The molecule has 23 heavy (non-hydrogen) atoms. The number of nitrogens with zero attached hydrogens (tertiary/aromatic N) is 1. The Morgan fingerprint density at radius 1 is 1.35 bits per heavy atom. The molecule has 0 aliphatic carbocycles. The van der Waals surface area contributed by atoms with Crippen LogP contribution in [0, 0.1) is 11.7 Å². The highest BCUT2D eigenvalue weighted by Gasteiger charge is 2.32. The van der Waals surface area contributed by atoms with Gasteiger partial charge in [-0.3, -0.25) is 4.79 Å². The van der Waals surface area contributed by atoms with Gasteiger partial charge in [-0.15, -0.1) is 0 Å². The normalized spacial score (nSPS) is 16.8. The van der Waals surface area contributed by atoms with Gasteiger partial charge in [0.25, 0.3) is 5.91 Å². The maximum atomic E-state index is 13.1. The summed E-state index contributed by atoms with van der Waals surface area (Å²) in [7, 11) is -3.12. The van der Waals surface area contributed by atoms with Crippen LogP contribution in [0.25, 0.3) is 0 Å². The molecular weight excluding hydrogens is 341 g/mol. The quantitative estimate of drug-likeness (QED) is 0.827. The Kier molecular flexibility index (Phi) is 5.68. The maximum absolute atomic E-state index is 13.1. The monoisotopic (exact) mass is 361 g/mol. The van der Waals surface area contributed by atoms with Crippen LogP contribution in [0.4, 0.5) is 4.39 Å². The van der Waals surface area contributed by atoms with Crippen LogP contribution in [0.5, 0.6) is 0 Å². The van der Waals surface area contributed by atoms with Crippen LogP contribution in [0.2, 0.25) is 5.02 Å². The lowest BCUT2D eigenvalue weighted by Crippen LogP contribution is -2.43. The fraction of sp³-hybridized carbons (Fsp3) is 0.562. The van der Waals surface area contributed by atoms with Crippen LogP contribution >= 0.6 is 11.6 Å². The van der Waals surface area contributed by atoms with Crippen LogP contribution in [0.1, 0.15) is 37.0 Å². The number of benzene rings is 1. The molecule has 0 atom stereocenters. The summed E-state index contributed by atoms with van der Waals surface area (Å²) in [5.41, 5.74) is 0.247. The molecule has 4 nitrogen and oxygen atoms in total. The lowest BCUT2D eigenvalue weighted by molar-refractivity contribution is 0.0725. The van der Waals surface area contributed by atoms with E-state index in [1.807, 2.05) is 13.8 Å². The van der Waals surface area contributed by atoms with E-state index in [1.165, 1.54) is 12.1 Å². The predicted octanol–water partition coefficient (Wildman–Crippen LogP) is 3.15. The minimum atomic E-state index is -3.12. The zero-order chi connectivity index (χ0) is 17.2. The molecule has 0 bridgehead atoms. The highest BCUT2D eigenvalue weighted by Crippen LogP contribution is 2.24. The van der Waals surface area contributed by atoms with E-state index in [-0.39, 0.29) is 28.2 Å². The first kappa shape index (κ1) is 18.2. The fourth-order valence-corrected chi connectivity index (χ4v) is 5.23. The van der Waals surface area contributed by atoms with Gasteiger partial charge in [0.2, 0.25) is 0 Å². The second-order valence-electron chi connectivity index (χ2n) is 6.34. The Balaban J connectivity index is 2.03. The molecule has 128 valence electrons. The molecule has 1 fully saturated rings. The Hall–Kier alpha value is -1.14. The van der Waals surface area contributed by atoms with Gasteiger partial charge in [-0.1, -0.05) is 25.4 Å². The van der Waals surface area contributed by atoms with Crippen LogP contribution in [-0.2, 0) is 9.84 Å². The van der Waals surface area contributed by atoms with Gasteiger partial charge in [0.15, 0.2) is 9.84 Å². The van der Waals surface area contributed by atoms with Crippen molar-refractivity contribution >= 4 is 27.3 Å². The molecule has 0 N–H and O–H groups in total. The van der Waals surface area contributed by atoms with Gasteiger partial charge in [0.1, 0.15) is 5.82 Å². The van der Waals surface area contributed by atoms with Crippen molar-refractivity contribution in [1.29, 1.82) is 0 Å². The summed E-state index contributed by atoms with van der Waals surface area (Å²) in [4.78, 5) is 14.0. The summed E-state index contributed by atoms with van der Waals surface area (Å²) in [6, 6.07) is 3.66. The predicted molar refractivity (Wildman–Crippen MR) is 89.0 cm³/mol. The third-order valence-corrected chi connectivity index (χ3v) is 6.90. The SMILES string of the molecule is CC(C)CS(=O)(=O)C1CCN(C(=O)c2ccc(F)cc2Cl)CC1. The topological polar surface area (TPSA) is 54.5 Å². The van der Waals surface area contributed by atoms with Crippen molar-refractivity contribution < 1.29 is 17.6 Å². The molecule has 0 radical (unpaired) electrons. The van der Waals surface area contributed by atoms with Crippen LogP contribution in [-0.4, -0.2) is 43.3 Å². The number of carbonyl (C=O) groups excluding carboxylic acids is 1. The molecule has 2 rings (SSSR count). The summed E-state index contributed by atoms with van der Waals surface area (Å²) in [5.74, 6) is -0.507. The Labute approximate surface area is 141 Å². The molecule has 0 unspecified atom stereocenters. The summed E-state index contributed by atoms with van der Waals surface area (Å²) >= 11 is 5.92. The first-order valence-electron chi connectivity index (χ1n) is 7.66. The van der Waals surface area contributed by atoms with Crippen molar-refractivity contribution in [3.63, 3.8) is 0 Å². The van der Waals surface area contributed by atoms with Crippen molar-refractivity contribution in [2.24, 2.45) is 5.92 Å². The van der Waals surface area contributed by atoms with E-state index in [0.717, 1.165) is 6.07 Å². The van der Waals surface area contributed by atoms with E-state index in [4.69, 9.17) is 11.6 Å². The Morgan fingerprint density at radius 2 is 1.96 bits per heavy atom. The number of hydrogen-bond donors (Lipinski definition) is 0. The smallest absolute Gasteiger partial charge is 0.255 e. The number of sulfone groups is 1. The van der Waals surface area contributed by atoms with Crippen molar-refractivity contribution in [2.75, 3.05) is 18.8 Å². The largest absolute Gasteiger partial charge is 0.339 e. The Morgan fingerprint density at radius 3 is 2.48 bits per heavy atom. The van der Waals surface area contributed by atoms with Crippen molar-refractivity contribution in [1.82, 2.24) is 4.90 Å².